The van der Waals surface area contributed by atoms with E-state index in [-0.39, 0.29) is 29.2 Å². The van der Waals surface area contributed by atoms with Crippen LogP contribution in [0, 0.1) is 17.2 Å². The van der Waals surface area contributed by atoms with Gasteiger partial charge in [0.2, 0.25) is 5.91 Å². The quantitative estimate of drug-likeness (QED) is 0.503. The lowest BCUT2D eigenvalue weighted by atomic mass is 9.75. The summed E-state index contributed by atoms with van der Waals surface area (Å²) in [6.07, 6.45) is 10.6. The van der Waals surface area contributed by atoms with E-state index in [0.717, 1.165) is 53.9 Å². The molecule has 2 atom stereocenters. The Labute approximate surface area is 228 Å². The summed E-state index contributed by atoms with van der Waals surface area (Å²) in [6.45, 7) is 0.990. The van der Waals surface area contributed by atoms with Gasteiger partial charge < -0.3 is 10.2 Å². The largest absolute Gasteiger partial charge is 0.369 e. The third kappa shape index (κ3) is 5.28. The number of carbonyl (C=O) groups is 1. The number of nitrogens with zero attached hydrogens (tertiary/aromatic N) is 5. The number of nitrogens with one attached hydrogen (secondary N) is 1. The van der Waals surface area contributed by atoms with Gasteiger partial charge in [0.15, 0.2) is 9.84 Å². The highest BCUT2D eigenvalue weighted by Crippen LogP contribution is 2.43. The molecule has 1 N–H and O–H groups in total. The van der Waals surface area contributed by atoms with Gasteiger partial charge in [-0.1, -0.05) is 25.0 Å². The molecule has 0 unspecified atom stereocenters. The van der Waals surface area contributed by atoms with Gasteiger partial charge in [-0.15, -0.1) is 0 Å². The number of sulfone groups is 1. The third-order valence-corrected chi connectivity index (χ3v) is 9.93. The number of carbonyl (C=O) groups excluding carboxylic acids is 1. The lowest BCUT2D eigenvalue weighted by Crippen LogP contribution is -2.42. The van der Waals surface area contributed by atoms with Gasteiger partial charge >= 0.3 is 0 Å². The number of rotatable bonds is 6. The molecule has 6 rings (SSSR count). The van der Waals surface area contributed by atoms with Crippen molar-refractivity contribution in [3.05, 3.63) is 60.7 Å². The molecule has 2 aliphatic carbocycles. The van der Waals surface area contributed by atoms with Crippen LogP contribution in [0.5, 0.6) is 0 Å². The lowest BCUT2D eigenvalue weighted by molar-refractivity contribution is -0.127. The molecule has 202 valence electrons. The van der Waals surface area contributed by atoms with E-state index in [0.29, 0.717) is 25.9 Å². The van der Waals surface area contributed by atoms with Gasteiger partial charge in [-0.2, -0.15) is 10.4 Å². The highest BCUT2D eigenvalue weighted by atomic mass is 32.2. The van der Waals surface area contributed by atoms with Crippen LogP contribution in [0.1, 0.15) is 50.1 Å². The summed E-state index contributed by atoms with van der Waals surface area (Å²) in [6, 6.07) is 14.3. The fraction of sp³-hybridized carbons (Fsp3) is 0.448. The van der Waals surface area contributed by atoms with Crippen LogP contribution >= 0.6 is 0 Å². The highest BCUT2D eigenvalue weighted by molar-refractivity contribution is 7.91. The first-order valence-corrected chi connectivity index (χ1v) is 15.5. The molecular formula is C29H32N6O3S. The van der Waals surface area contributed by atoms with Crippen molar-refractivity contribution in [1.29, 1.82) is 5.26 Å². The van der Waals surface area contributed by atoms with E-state index in [9.17, 15) is 18.5 Å². The second-order valence-corrected chi connectivity index (χ2v) is 13.3. The van der Waals surface area contributed by atoms with E-state index >= 15 is 0 Å². The average Bonchev–Trinajstić information content (AvgIpc) is 3.60. The first-order chi connectivity index (χ1) is 18.9. The summed E-state index contributed by atoms with van der Waals surface area (Å²) in [4.78, 5) is 19.8. The zero-order chi connectivity index (χ0) is 27.0. The molecule has 1 aliphatic heterocycles. The molecule has 1 saturated heterocycles. The molecule has 39 heavy (non-hydrogen) atoms. The molecule has 10 heteroatoms. The van der Waals surface area contributed by atoms with Crippen LogP contribution in [0.25, 0.3) is 16.8 Å². The molecule has 0 bridgehead atoms. The minimum absolute atomic E-state index is 0.0453. The molecule has 3 aromatic rings. The van der Waals surface area contributed by atoms with E-state index in [4.69, 9.17) is 5.10 Å². The maximum absolute atomic E-state index is 13.4. The number of hydrogen-bond donors (Lipinski definition) is 1. The van der Waals surface area contributed by atoms with Gasteiger partial charge in [0.1, 0.15) is 5.54 Å². The Morgan fingerprint density at radius 3 is 2.46 bits per heavy atom. The number of nitriles is 1. The fourth-order valence-electron chi connectivity index (χ4n) is 5.82. The van der Waals surface area contributed by atoms with E-state index in [1.54, 1.807) is 12.4 Å². The molecule has 0 radical (unpaired) electrons. The van der Waals surface area contributed by atoms with E-state index in [1.165, 1.54) is 0 Å². The van der Waals surface area contributed by atoms with E-state index in [1.807, 2.05) is 35.1 Å². The van der Waals surface area contributed by atoms with Crippen molar-refractivity contribution in [2.24, 2.45) is 5.92 Å². The predicted octanol–water partition coefficient (Wildman–Crippen LogP) is 3.62. The van der Waals surface area contributed by atoms with Crippen LogP contribution in [0.15, 0.2) is 55.0 Å². The van der Waals surface area contributed by atoms with Crippen molar-refractivity contribution in [3.63, 3.8) is 0 Å². The van der Waals surface area contributed by atoms with E-state index < -0.39 is 15.4 Å². The molecular weight excluding hydrogens is 512 g/mol. The smallest absolute Gasteiger partial charge is 0.225 e. The van der Waals surface area contributed by atoms with Crippen molar-refractivity contribution < 1.29 is 13.2 Å². The van der Waals surface area contributed by atoms with Crippen LogP contribution in [-0.4, -0.2) is 59.2 Å². The number of pyridine rings is 1. The number of amides is 1. The lowest BCUT2D eigenvalue weighted by Gasteiger charge is -2.31. The number of hydrogen-bond acceptors (Lipinski definition) is 7. The molecule has 1 amide bonds. The Kier molecular flexibility index (Phi) is 6.63. The summed E-state index contributed by atoms with van der Waals surface area (Å²) >= 11 is 0. The van der Waals surface area contributed by atoms with Crippen LogP contribution < -0.4 is 10.2 Å². The monoisotopic (exact) mass is 544 g/mol. The molecule has 2 aromatic heterocycles. The first-order valence-electron chi connectivity index (χ1n) is 13.7. The van der Waals surface area contributed by atoms with Gasteiger partial charge in [0, 0.05) is 48.6 Å². The first kappa shape index (κ1) is 25.6. The van der Waals surface area contributed by atoms with Crippen molar-refractivity contribution in [3.8, 4) is 22.9 Å². The van der Waals surface area contributed by atoms with Crippen molar-refractivity contribution in [2.45, 2.75) is 50.0 Å². The SMILES string of the molecule is N#CC1(NC(=O)[C@@H]2CCCC[C@H]2c2nn(-c3cccnc3)cc2-c2ccc(N3CCS(=O)(=O)CC3)cc2)CC1. The Hall–Kier alpha value is -3.71. The van der Waals surface area contributed by atoms with E-state index in [2.05, 4.69) is 33.4 Å². The summed E-state index contributed by atoms with van der Waals surface area (Å²) < 4.78 is 25.6. The maximum Gasteiger partial charge on any atom is 0.225 e. The van der Waals surface area contributed by atoms with Crippen LogP contribution in [0.4, 0.5) is 5.69 Å². The summed E-state index contributed by atoms with van der Waals surface area (Å²) in [5, 5.41) is 17.6. The molecule has 1 aromatic carbocycles. The Bertz CT molecular complexity index is 1490. The average molecular weight is 545 g/mol. The second-order valence-electron chi connectivity index (χ2n) is 11.0. The van der Waals surface area contributed by atoms with Crippen molar-refractivity contribution >= 4 is 21.4 Å². The Balaban J connectivity index is 1.34. The predicted molar refractivity (Wildman–Crippen MR) is 148 cm³/mol. The Morgan fingerprint density at radius 2 is 1.79 bits per heavy atom. The second kappa shape index (κ2) is 10.1. The molecule has 9 nitrogen and oxygen atoms in total. The normalized spacial score (nSPS) is 23.5. The van der Waals surface area contributed by atoms with Crippen LogP contribution in [0.2, 0.25) is 0 Å². The molecule has 3 heterocycles. The van der Waals surface area contributed by atoms with Crippen molar-refractivity contribution in [1.82, 2.24) is 20.1 Å². The van der Waals surface area contributed by atoms with Crippen molar-refractivity contribution in [2.75, 3.05) is 29.5 Å². The zero-order valence-electron chi connectivity index (χ0n) is 21.8. The molecule has 3 aliphatic rings. The number of aromatic nitrogens is 3. The minimum atomic E-state index is -2.95. The third-order valence-electron chi connectivity index (χ3n) is 8.32. The number of anilines is 1. The molecule has 3 fully saturated rings. The molecule has 0 spiro atoms. The van der Waals surface area contributed by atoms with Crippen LogP contribution in [-0.2, 0) is 14.6 Å². The summed E-state index contributed by atoms with van der Waals surface area (Å²) in [5.41, 5.74) is 4.00. The van der Waals surface area contributed by atoms with Gasteiger partial charge in [-0.25, -0.2) is 13.1 Å². The summed E-state index contributed by atoms with van der Waals surface area (Å²) in [7, 11) is -2.95. The topological polar surface area (TPSA) is 121 Å². The fourth-order valence-corrected chi connectivity index (χ4v) is 7.02. The maximum atomic E-state index is 13.4. The minimum Gasteiger partial charge on any atom is -0.369 e. The highest BCUT2D eigenvalue weighted by Gasteiger charge is 2.47. The van der Waals surface area contributed by atoms with Gasteiger partial charge in [-0.3, -0.25) is 9.78 Å². The van der Waals surface area contributed by atoms with Gasteiger partial charge in [0.05, 0.1) is 35.2 Å². The summed E-state index contributed by atoms with van der Waals surface area (Å²) in [5.74, 6) is 0.00333. The zero-order valence-corrected chi connectivity index (χ0v) is 22.6. The Morgan fingerprint density at radius 1 is 1.05 bits per heavy atom. The van der Waals surface area contributed by atoms with Gasteiger partial charge in [-0.05, 0) is 55.5 Å². The van der Waals surface area contributed by atoms with Gasteiger partial charge in [0.25, 0.3) is 0 Å². The standard InChI is InChI=1S/C29H32N6O3S/c30-20-29(11-12-29)32-28(36)25-6-2-1-5-24(25)27-26(19-35(33-27)23-4-3-13-31-18-23)21-7-9-22(10-8-21)34-14-16-39(37,38)17-15-34/h3-4,7-10,13,18-19,24-25H,1-2,5-6,11-12,14-17H2,(H,32,36)/t24-,25-/m1/s1. The molecule has 2 saturated carbocycles. The van der Waals surface area contributed by atoms with Crippen LogP contribution in [0.3, 0.4) is 0 Å². The number of benzene rings is 1.